The Kier molecular flexibility index (Phi) is 4.60. The zero-order valence-corrected chi connectivity index (χ0v) is 13.6. The zero-order chi connectivity index (χ0) is 14.0. The van der Waals surface area contributed by atoms with Crippen LogP contribution >= 0.6 is 38.9 Å². The average molecular weight is 360 g/mol. The van der Waals surface area contributed by atoms with Gasteiger partial charge in [0.1, 0.15) is 0 Å². The molecule has 1 aromatic carbocycles. The minimum absolute atomic E-state index is 0.0467. The number of hydrogen-bond acceptors (Lipinski definition) is 3. The molecule has 0 radical (unpaired) electrons. The van der Waals surface area contributed by atoms with Crippen LogP contribution in [0.1, 0.15) is 20.2 Å². The summed E-state index contributed by atoms with van der Waals surface area (Å²) in [6, 6.07) is 5.16. The molecule has 0 aliphatic carbocycles. The van der Waals surface area contributed by atoms with Crippen molar-refractivity contribution in [2.24, 2.45) is 0 Å². The van der Waals surface area contributed by atoms with Crippen molar-refractivity contribution in [1.82, 2.24) is 9.88 Å². The fraction of sp³-hybridized carbons (Fsp3) is 0.231. The smallest absolute Gasteiger partial charge is 0.255 e. The Bertz CT molecular complexity index is 614. The summed E-state index contributed by atoms with van der Waals surface area (Å²) in [5.74, 6) is -0.0467. The molecular weight excluding hydrogens is 348 g/mol. The van der Waals surface area contributed by atoms with E-state index in [-0.39, 0.29) is 5.91 Å². The zero-order valence-electron chi connectivity index (χ0n) is 10.5. The number of amides is 1. The summed E-state index contributed by atoms with van der Waals surface area (Å²) in [6.07, 6.45) is 1.81. The summed E-state index contributed by atoms with van der Waals surface area (Å²) >= 11 is 10.8. The van der Waals surface area contributed by atoms with E-state index in [1.807, 2.05) is 6.92 Å². The van der Waals surface area contributed by atoms with Crippen molar-refractivity contribution in [2.75, 3.05) is 7.05 Å². The maximum absolute atomic E-state index is 12.3. The van der Waals surface area contributed by atoms with E-state index in [1.54, 1.807) is 47.7 Å². The van der Waals surface area contributed by atoms with Gasteiger partial charge in [-0.25, -0.2) is 4.98 Å². The van der Waals surface area contributed by atoms with Crippen molar-refractivity contribution in [1.29, 1.82) is 0 Å². The van der Waals surface area contributed by atoms with E-state index in [4.69, 9.17) is 11.6 Å². The van der Waals surface area contributed by atoms with E-state index in [1.165, 1.54) is 0 Å². The highest BCUT2D eigenvalue weighted by Crippen LogP contribution is 2.23. The summed E-state index contributed by atoms with van der Waals surface area (Å²) in [5, 5.41) is 1.60. The van der Waals surface area contributed by atoms with E-state index in [2.05, 4.69) is 20.9 Å². The maximum atomic E-state index is 12.3. The molecule has 100 valence electrons. The summed E-state index contributed by atoms with van der Waals surface area (Å²) in [7, 11) is 1.78. The Balaban J connectivity index is 2.14. The van der Waals surface area contributed by atoms with Gasteiger partial charge in [-0.3, -0.25) is 4.79 Å². The minimum Gasteiger partial charge on any atom is -0.336 e. The molecular formula is C13H12BrClN2OS. The molecule has 0 saturated carbocycles. The number of nitrogens with zero attached hydrogens (tertiary/aromatic N) is 2. The van der Waals surface area contributed by atoms with E-state index >= 15 is 0 Å². The van der Waals surface area contributed by atoms with Crippen molar-refractivity contribution < 1.29 is 4.79 Å². The molecule has 19 heavy (non-hydrogen) atoms. The van der Waals surface area contributed by atoms with Crippen molar-refractivity contribution in [3.63, 3.8) is 0 Å². The molecule has 2 aromatic rings. The predicted molar refractivity (Wildman–Crippen MR) is 81.8 cm³/mol. The van der Waals surface area contributed by atoms with Crippen LogP contribution < -0.4 is 0 Å². The summed E-state index contributed by atoms with van der Waals surface area (Å²) in [6.45, 7) is 2.51. The van der Waals surface area contributed by atoms with Crippen LogP contribution in [0.4, 0.5) is 0 Å². The van der Waals surface area contributed by atoms with Gasteiger partial charge in [0.05, 0.1) is 17.1 Å². The molecule has 0 fully saturated rings. The SMILES string of the molecule is Cc1ncc(CN(C)C(=O)c2ccc(Cl)cc2Br)s1. The van der Waals surface area contributed by atoms with E-state index < -0.39 is 0 Å². The molecule has 0 aliphatic rings. The standard InChI is InChI=1S/C13H12BrClN2OS/c1-8-16-6-10(19-8)7-17(2)13(18)11-4-3-9(15)5-12(11)14/h3-6H,7H2,1-2H3. The van der Waals surface area contributed by atoms with Crippen LogP contribution in [0, 0.1) is 6.92 Å². The number of benzene rings is 1. The highest BCUT2D eigenvalue weighted by molar-refractivity contribution is 9.10. The van der Waals surface area contributed by atoms with Crippen LogP contribution in [0.5, 0.6) is 0 Å². The Morgan fingerprint density at radius 3 is 2.84 bits per heavy atom. The van der Waals surface area contributed by atoms with Crippen molar-refractivity contribution >= 4 is 44.8 Å². The number of rotatable bonds is 3. The Morgan fingerprint density at radius 1 is 1.53 bits per heavy atom. The van der Waals surface area contributed by atoms with Crippen LogP contribution in [0.25, 0.3) is 0 Å². The fourth-order valence-corrected chi connectivity index (χ4v) is 3.35. The second kappa shape index (κ2) is 6.03. The van der Waals surface area contributed by atoms with E-state index in [9.17, 15) is 4.79 Å². The molecule has 1 aromatic heterocycles. The molecule has 0 N–H and O–H groups in total. The lowest BCUT2D eigenvalue weighted by molar-refractivity contribution is 0.0785. The molecule has 0 aliphatic heterocycles. The van der Waals surface area contributed by atoms with Gasteiger partial charge in [-0.15, -0.1) is 11.3 Å². The monoisotopic (exact) mass is 358 g/mol. The molecule has 3 nitrogen and oxygen atoms in total. The molecule has 1 heterocycles. The van der Waals surface area contributed by atoms with Crippen molar-refractivity contribution in [3.05, 3.63) is 49.3 Å². The third kappa shape index (κ3) is 3.55. The average Bonchev–Trinajstić information content (AvgIpc) is 2.74. The second-order valence-corrected chi connectivity index (χ2v) is 6.74. The van der Waals surface area contributed by atoms with Gasteiger partial charge in [0.2, 0.25) is 0 Å². The van der Waals surface area contributed by atoms with Gasteiger partial charge in [0.15, 0.2) is 0 Å². The summed E-state index contributed by atoms with van der Waals surface area (Å²) in [4.78, 5) is 19.2. The number of carbonyl (C=O) groups is 1. The topological polar surface area (TPSA) is 33.2 Å². The van der Waals surface area contributed by atoms with Crippen molar-refractivity contribution in [2.45, 2.75) is 13.5 Å². The largest absolute Gasteiger partial charge is 0.336 e. The lowest BCUT2D eigenvalue weighted by Gasteiger charge is -2.17. The second-order valence-electron chi connectivity index (χ2n) is 4.13. The van der Waals surface area contributed by atoms with E-state index in [0.29, 0.717) is 21.6 Å². The number of aryl methyl sites for hydroxylation is 1. The van der Waals surface area contributed by atoms with Gasteiger partial charge in [0.25, 0.3) is 5.91 Å². The Morgan fingerprint density at radius 2 is 2.26 bits per heavy atom. The van der Waals surface area contributed by atoms with Crippen LogP contribution in [0.15, 0.2) is 28.9 Å². The van der Waals surface area contributed by atoms with Gasteiger partial charge >= 0.3 is 0 Å². The number of thiazole rings is 1. The molecule has 0 bridgehead atoms. The predicted octanol–water partition coefficient (Wildman–Crippen LogP) is 4.14. The molecule has 0 spiro atoms. The number of aromatic nitrogens is 1. The molecule has 6 heteroatoms. The molecule has 2 rings (SSSR count). The van der Waals surface area contributed by atoms with Gasteiger partial charge in [0, 0.05) is 27.6 Å². The molecule has 0 atom stereocenters. The quantitative estimate of drug-likeness (QED) is 0.825. The molecule has 0 saturated heterocycles. The molecule has 0 unspecified atom stereocenters. The Hall–Kier alpha value is -0.910. The summed E-state index contributed by atoms with van der Waals surface area (Å²) in [5.41, 5.74) is 0.605. The van der Waals surface area contributed by atoms with E-state index in [0.717, 1.165) is 9.88 Å². The van der Waals surface area contributed by atoms with Gasteiger partial charge in [-0.05, 0) is 41.1 Å². The van der Waals surface area contributed by atoms with Crippen LogP contribution in [-0.4, -0.2) is 22.8 Å². The highest BCUT2D eigenvalue weighted by Gasteiger charge is 2.16. The first-order valence-corrected chi connectivity index (χ1v) is 7.58. The fourth-order valence-electron chi connectivity index (χ4n) is 1.65. The first-order valence-electron chi connectivity index (χ1n) is 5.59. The van der Waals surface area contributed by atoms with Gasteiger partial charge in [-0.2, -0.15) is 0 Å². The van der Waals surface area contributed by atoms with Gasteiger partial charge in [-0.1, -0.05) is 11.6 Å². The number of carbonyl (C=O) groups excluding carboxylic acids is 1. The first-order chi connectivity index (χ1) is 8.97. The lowest BCUT2D eigenvalue weighted by atomic mass is 10.2. The third-order valence-electron chi connectivity index (χ3n) is 2.57. The van der Waals surface area contributed by atoms with Crippen LogP contribution in [0.2, 0.25) is 5.02 Å². The maximum Gasteiger partial charge on any atom is 0.255 e. The minimum atomic E-state index is -0.0467. The van der Waals surface area contributed by atoms with Crippen molar-refractivity contribution in [3.8, 4) is 0 Å². The first kappa shape index (κ1) is 14.5. The third-order valence-corrected chi connectivity index (χ3v) is 4.36. The van der Waals surface area contributed by atoms with Crippen LogP contribution in [0.3, 0.4) is 0 Å². The highest BCUT2D eigenvalue weighted by atomic mass is 79.9. The normalized spacial score (nSPS) is 10.5. The summed E-state index contributed by atoms with van der Waals surface area (Å²) < 4.78 is 0.706. The lowest BCUT2D eigenvalue weighted by Crippen LogP contribution is -2.26. The number of halogens is 2. The Labute approximate surface area is 129 Å². The number of hydrogen-bond donors (Lipinski definition) is 0. The molecule has 1 amide bonds. The van der Waals surface area contributed by atoms with Gasteiger partial charge < -0.3 is 4.90 Å². The van der Waals surface area contributed by atoms with Crippen LogP contribution in [-0.2, 0) is 6.54 Å².